The van der Waals surface area contributed by atoms with Crippen molar-refractivity contribution in [2.45, 2.75) is 26.4 Å². The van der Waals surface area contributed by atoms with Crippen molar-refractivity contribution in [3.05, 3.63) is 21.5 Å². The number of halogens is 1. The molecule has 0 spiro atoms. The Morgan fingerprint density at radius 3 is 2.60 bits per heavy atom. The molecular formula is C10H13IN2O2. The number of nitrogen functional groups attached to an aromatic ring is 1. The number of ether oxygens (including phenoxy) is 1. The molecule has 15 heavy (non-hydrogen) atoms. The highest BCUT2D eigenvalue weighted by Gasteiger charge is 2.22. The summed E-state index contributed by atoms with van der Waals surface area (Å²) < 4.78 is 5.78. The molecule has 1 rings (SSSR count). The lowest BCUT2D eigenvalue weighted by atomic mass is 10.2. The summed E-state index contributed by atoms with van der Waals surface area (Å²) in [5, 5.41) is 0. The van der Waals surface area contributed by atoms with Crippen molar-refractivity contribution in [2.75, 3.05) is 5.73 Å². The van der Waals surface area contributed by atoms with Gasteiger partial charge in [0.15, 0.2) is 0 Å². The van der Waals surface area contributed by atoms with Gasteiger partial charge in [0.05, 0.1) is 5.69 Å². The lowest BCUT2D eigenvalue weighted by Gasteiger charge is -2.20. The summed E-state index contributed by atoms with van der Waals surface area (Å²) in [6, 6.07) is 1.58. The maximum atomic E-state index is 11.8. The van der Waals surface area contributed by atoms with Crippen LogP contribution in [0.25, 0.3) is 0 Å². The quantitative estimate of drug-likeness (QED) is 0.489. The fraction of sp³-hybridized carbons (Fsp3) is 0.400. The molecule has 0 atom stereocenters. The van der Waals surface area contributed by atoms with Crippen molar-refractivity contribution in [1.29, 1.82) is 0 Å². The van der Waals surface area contributed by atoms with Gasteiger partial charge in [-0.05, 0) is 49.4 Å². The molecular weight excluding hydrogens is 307 g/mol. The molecule has 0 amide bonds. The number of pyridine rings is 1. The van der Waals surface area contributed by atoms with E-state index < -0.39 is 11.6 Å². The Kier molecular flexibility index (Phi) is 3.54. The molecule has 1 aromatic rings. The van der Waals surface area contributed by atoms with Gasteiger partial charge < -0.3 is 10.5 Å². The van der Waals surface area contributed by atoms with Crippen LogP contribution in [0.15, 0.2) is 12.3 Å². The first-order chi connectivity index (χ1) is 6.81. The second-order valence-electron chi connectivity index (χ2n) is 4.07. The molecule has 0 saturated carbocycles. The first kappa shape index (κ1) is 12.2. The Morgan fingerprint density at radius 2 is 2.13 bits per heavy atom. The molecule has 0 aliphatic rings. The van der Waals surface area contributed by atoms with Crippen LogP contribution in [0.4, 0.5) is 5.69 Å². The predicted molar refractivity (Wildman–Crippen MR) is 66.5 cm³/mol. The minimum atomic E-state index is -0.525. The Labute approximate surface area is 102 Å². The zero-order valence-electron chi connectivity index (χ0n) is 8.87. The highest BCUT2D eigenvalue weighted by atomic mass is 127. The smallest absolute Gasteiger partial charge is 0.343 e. The van der Waals surface area contributed by atoms with Crippen LogP contribution in [0.1, 0.15) is 31.1 Å². The molecule has 0 saturated heterocycles. The maximum Gasteiger partial charge on any atom is 0.343 e. The van der Waals surface area contributed by atoms with Gasteiger partial charge in [0.2, 0.25) is 0 Å². The van der Waals surface area contributed by atoms with E-state index in [2.05, 4.69) is 4.98 Å². The molecule has 82 valence electrons. The third kappa shape index (κ3) is 3.33. The van der Waals surface area contributed by atoms with E-state index in [9.17, 15) is 4.79 Å². The van der Waals surface area contributed by atoms with Gasteiger partial charge in [0, 0.05) is 6.20 Å². The number of nitrogens with two attached hydrogens (primary N) is 1. The van der Waals surface area contributed by atoms with Gasteiger partial charge in [0.25, 0.3) is 0 Å². The maximum absolute atomic E-state index is 11.8. The SMILES string of the molecule is CC(C)(C)OC(=O)c1c(N)ccnc1I. The molecule has 1 heterocycles. The molecule has 0 unspecified atom stereocenters. The van der Waals surface area contributed by atoms with E-state index in [0.717, 1.165) is 0 Å². The molecule has 4 nitrogen and oxygen atoms in total. The van der Waals surface area contributed by atoms with Crippen LogP contribution in [-0.4, -0.2) is 16.6 Å². The highest BCUT2D eigenvalue weighted by Crippen LogP contribution is 2.20. The van der Waals surface area contributed by atoms with Crippen LogP contribution in [0.2, 0.25) is 0 Å². The van der Waals surface area contributed by atoms with Crippen molar-refractivity contribution in [2.24, 2.45) is 0 Å². The summed E-state index contributed by atoms with van der Waals surface area (Å²) in [4.78, 5) is 15.8. The molecule has 0 fully saturated rings. The van der Waals surface area contributed by atoms with E-state index in [-0.39, 0.29) is 0 Å². The average molecular weight is 320 g/mol. The van der Waals surface area contributed by atoms with Crippen molar-refractivity contribution >= 4 is 34.2 Å². The summed E-state index contributed by atoms with van der Waals surface area (Å²) in [6.45, 7) is 5.43. The van der Waals surface area contributed by atoms with E-state index in [1.165, 1.54) is 0 Å². The van der Waals surface area contributed by atoms with Gasteiger partial charge in [-0.3, -0.25) is 0 Å². The van der Waals surface area contributed by atoms with Gasteiger partial charge in [-0.2, -0.15) is 0 Å². The van der Waals surface area contributed by atoms with Crippen LogP contribution in [0.3, 0.4) is 0 Å². The molecule has 0 aliphatic heterocycles. The summed E-state index contributed by atoms with van der Waals surface area (Å²) >= 11 is 1.96. The lowest BCUT2D eigenvalue weighted by Crippen LogP contribution is -2.25. The van der Waals surface area contributed by atoms with Gasteiger partial charge in [-0.15, -0.1) is 0 Å². The van der Waals surface area contributed by atoms with Crippen LogP contribution in [0, 0.1) is 3.70 Å². The van der Waals surface area contributed by atoms with E-state index in [4.69, 9.17) is 10.5 Å². The van der Waals surface area contributed by atoms with Gasteiger partial charge >= 0.3 is 5.97 Å². The van der Waals surface area contributed by atoms with Crippen LogP contribution in [-0.2, 0) is 4.74 Å². The third-order valence-electron chi connectivity index (χ3n) is 1.54. The second kappa shape index (κ2) is 4.34. The van der Waals surface area contributed by atoms with E-state index in [1.807, 2.05) is 43.4 Å². The number of esters is 1. The Bertz CT molecular complexity index is 365. The van der Waals surface area contributed by atoms with Gasteiger partial charge in [0.1, 0.15) is 14.9 Å². The van der Waals surface area contributed by atoms with Crippen molar-refractivity contribution in [3.63, 3.8) is 0 Å². The number of hydrogen-bond donors (Lipinski definition) is 1. The number of nitrogens with zero attached hydrogens (tertiary/aromatic N) is 1. The predicted octanol–water partition coefficient (Wildman–Crippen LogP) is 2.22. The topological polar surface area (TPSA) is 65.2 Å². The zero-order chi connectivity index (χ0) is 11.6. The van der Waals surface area contributed by atoms with E-state index >= 15 is 0 Å². The second-order valence-corrected chi connectivity index (χ2v) is 5.09. The lowest BCUT2D eigenvalue weighted by molar-refractivity contribution is 0.00691. The minimum Gasteiger partial charge on any atom is -0.456 e. The monoisotopic (exact) mass is 320 g/mol. The average Bonchev–Trinajstić information content (AvgIpc) is 1.99. The Morgan fingerprint density at radius 1 is 1.53 bits per heavy atom. The van der Waals surface area contributed by atoms with Crippen molar-refractivity contribution < 1.29 is 9.53 Å². The minimum absolute atomic E-state index is 0.341. The van der Waals surface area contributed by atoms with Crippen LogP contribution in [0.5, 0.6) is 0 Å². The molecule has 5 heteroatoms. The fourth-order valence-electron chi connectivity index (χ4n) is 0.981. The summed E-state index contributed by atoms with van der Waals surface area (Å²) in [5.41, 5.74) is 5.90. The first-order valence-electron chi connectivity index (χ1n) is 4.44. The summed E-state index contributed by atoms with van der Waals surface area (Å²) in [7, 11) is 0. The highest BCUT2D eigenvalue weighted by molar-refractivity contribution is 14.1. The number of carbonyl (C=O) groups is 1. The molecule has 0 bridgehead atoms. The largest absolute Gasteiger partial charge is 0.456 e. The summed E-state index contributed by atoms with van der Waals surface area (Å²) in [6.07, 6.45) is 1.56. The Balaban J connectivity index is 3.02. The number of carbonyl (C=O) groups excluding carboxylic acids is 1. The number of aromatic nitrogens is 1. The Hall–Kier alpha value is -0.850. The molecule has 2 N–H and O–H groups in total. The van der Waals surface area contributed by atoms with Gasteiger partial charge in [-0.25, -0.2) is 9.78 Å². The normalized spacial score (nSPS) is 11.2. The van der Waals surface area contributed by atoms with Crippen LogP contribution >= 0.6 is 22.6 Å². The van der Waals surface area contributed by atoms with Crippen molar-refractivity contribution in [1.82, 2.24) is 4.98 Å². The van der Waals surface area contributed by atoms with E-state index in [1.54, 1.807) is 12.3 Å². The fourth-order valence-corrected chi connectivity index (χ4v) is 1.67. The molecule has 0 radical (unpaired) electrons. The van der Waals surface area contributed by atoms with Crippen molar-refractivity contribution in [3.8, 4) is 0 Å². The van der Waals surface area contributed by atoms with E-state index in [0.29, 0.717) is 15.0 Å². The zero-order valence-corrected chi connectivity index (χ0v) is 11.0. The van der Waals surface area contributed by atoms with Crippen LogP contribution < -0.4 is 5.73 Å². The standard InChI is InChI=1S/C10H13IN2O2/c1-10(2,3)15-9(14)7-6(12)4-5-13-8(7)11/h4-5H,1-3H3,(H2,12,13). The summed E-state index contributed by atoms with van der Waals surface area (Å²) in [5.74, 6) is -0.433. The molecule has 1 aromatic heterocycles. The molecule has 0 aromatic carbocycles. The number of hydrogen-bond acceptors (Lipinski definition) is 4. The number of anilines is 1. The first-order valence-corrected chi connectivity index (χ1v) is 5.52. The van der Waals surface area contributed by atoms with Gasteiger partial charge in [-0.1, -0.05) is 0 Å². The molecule has 0 aliphatic carbocycles. The number of rotatable bonds is 1. The third-order valence-corrected chi connectivity index (χ3v) is 2.36.